The molecule has 0 heterocycles. The van der Waals surface area contributed by atoms with Gasteiger partial charge in [-0.25, -0.2) is 0 Å². The lowest BCUT2D eigenvalue weighted by molar-refractivity contribution is 0.193. The van der Waals surface area contributed by atoms with Gasteiger partial charge in [0.2, 0.25) is 0 Å². The summed E-state index contributed by atoms with van der Waals surface area (Å²) >= 11 is 0. The smallest absolute Gasteiger partial charge is 0.0585 e. The molecule has 0 rings (SSSR count). The van der Waals surface area contributed by atoms with Crippen LogP contribution in [0.15, 0.2) is 0 Å². The van der Waals surface area contributed by atoms with Crippen LogP contribution in [0, 0.1) is 0 Å². The summed E-state index contributed by atoms with van der Waals surface area (Å²) in [5, 5.41) is 12.6. The lowest BCUT2D eigenvalue weighted by atomic mass is 10.1. The Morgan fingerprint density at radius 2 is 1.87 bits per heavy atom. The van der Waals surface area contributed by atoms with Gasteiger partial charge in [-0.05, 0) is 33.4 Å². The molecule has 0 aliphatic rings. The molecule has 0 aromatic carbocycles. The van der Waals surface area contributed by atoms with Crippen molar-refractivity contribution < 1.29 is 5.11 Å². The largest absolute Gasteiger partial charge is 0.395 e. The van der Waals surface area contributed by atoms with Gasteiger partial charge >= 0.3 is 0 Å². The molecule has 0 saturated heterocycles. The number of aliphatic hydroxyl groups is 1. The van der Waals surface area contributed by atoms with Crippen LogP contribution in [0.4, 0.5) is 0 Å². The zero-order valence-electron chi connectivity index (χ0n) is 11.0. The molecular weight excluding hydrogens is 188 g/mol. The number of nitrogens with one attached hydrogen (secondary N) is 1. The average molecular weight is 216 g/mol. The van der Waals surface area contributed by atoms with Crippen molar-refractivity contribution >= 4 is 0 Å². The molecule has 0 bridgehead atoms. The van der Waals surface area contributed by atoms with Crippen molar-refractivity contribution in [2.75, 3.05) is 20.2 Å². The molecule has 0 fully saturated rings. The fourth-order valence-electron chi connectivity index (χ4n) is 1.59. The van der Waals surface area contributed by atoms with Gasteiger partial charge in [-0.15, -0.1) is 0 Å². The quantitative estimate of drug-likeness (QED) is 0.645. The van der Waals surface area contributed by atoms with E-state index in [4.69, 9.17) is 0 Å². The summed E-state index contributed by atoms with van der Waals surface area (Å²) in [5.41, 5.74) is 0. The molecule has 2 atom stereocenters. The summed E-state index contributed by atoms with van der Waals surface area (Å²) < 4.78 is 0. The summed E-state index contributed by atoms with van der Waals surface area (Å²) in [6.45, 7) is 9.94. The summed E-state index contributed by atoms with van der Waals surface area (Å²) in [4.78, 5) is 2.35. The highest BCUT2D eigenvalue weighted by Gasteiger charge is 2.12. The predicted octanol–water partition coefficient (Wildman–Crippen LogP) is 1.47. The molecule has 0 aromatic rings. The maximum atomic E-state index is 9.20. The van der Waals surface area contributed by atoms with Crippen LogP contribution in [0.5, 0.6) is 0 Å². The van der Waals surface area contributed by atoms with Crippen molar-refractivity contribution in [3.63, 3.8) is 0 Å². The lowest BCUT2D eigenvalue weighted by Crippen LogP contribution is -2.41. The van der Waals surface area contributed by atoms with Crippen molar-refractivity contribution in [3.05, 3.63) is 0 Å². The van der Waals surface area contributed by atoms with E-state index >= 15 is 0 Å². The van der Waals surface area contributed by atoms with E-state index in [2.05, 4.69) is 45.0 Å². The Balaban J connectivity index is 3.79. The van der Waals surface area contributed by atoms with Gasteiger partial charge in [-0.1, -0.05) is 20.8 Å². The lowest BCUT2D eigenvalue weighted by Gasteiger charge is -2.26. The molecular formula is C12H28N2O. The van der Waals surface area contributed by atoms with Crippen molar-refractivity contribution in [2.24, 2.45) is 0 Å². The molecule has 0 radical (unpaired) electrons. The fraction of sp³-hybridized carbons (Fsp3) is 1.00. The highest BCUT2D eigenvalue weighted by atomic mass is 16.3. The first-order valence-corrected chi connectivity index (χ1v) is 6.08. The average Bonchev–Trinajstić information content (AvgIpc) is 2.21. The van der Waals surface area contributed by atoms with Crippen LogP contribution in [-0.2, 0) is 0 Å². The Morgan fingerprint density at radius 1 is 1.27 bits per heavy atom. The van der Waals surface area contributed by atoms with E-state index in [1.807, 2.05) is 0 Å². The van der Waals surface area contributed by atoms with E-state index in [1.54, 1.807) is 0 Å². The van der Waals surface area contributed by atoms with Crippen LogP contribution in [-0.4, -0.2) is 48.3 Å². The summed E-state index contributed by atoms with van der Waals surface area (Å²) in [5.74, 6) is 0. The highest BCUT2D eigenvalue weighted by Crippen LogP contribution is 2.03. The van der Waals surface area contributed by atoms with E-state index in [-0.39, 0.29) is 12.6 Å². The van der Waals surface area contributed by atoms with Gasteiger partial charge in [-0.2, -0.15) is 0 Å². The van der Waals surface area contributed by atoms with Gasteiger partial charge < -0.3 is 15.3 Å². The molecule has 3 nitrogen and oxygen atoms in total. The molecule has 3 heteroatoms. The maximum absolute atomic E-state index is 9.20. The first kappa shape index (κ1) is 14.9. The Labute approximate surface area is 94.9 Å². The zero-order valence-corrected chi connectivity index (χ0v) is 11.0. The number of hydrogen-bond donors (Lipinski definition) is 2. The summed E-state index contributed by atoms with van der Waals surface area (Å²) in [7, 11) is 2.15. The number of nitrogens with zero attached hydrogens (tertiary/aromatic N) is 1. The molecule has 0 saturated carbocycles. The summed E-state index contributed by atoms with van der Waals surface area (Å²) in [6, 6.07) is 1.30. The molecule has 2 N–H and O–H groups in total. The van der Waals surface area contributed by atoms with E-state index in [0.29, 0.717) is 12.1 Å². The maximum Gasteiger partial charge on any atom is 0.0585 e. The standard InChI is InChI=1S/C12H28N2O/c1-6-11(4)14(5)8-7-12(9-15)13-10(2)3/h10-13,15H,6-9H2,1-5H3. The van der Waals surface area contributed by atoms with Crippen LogP contribution in [0.3, 0.4) is 0 Å². The molecule has 2 unspecified atom stereocenters. The molecule has 0 spiro atoms. The van der Waals surface area contributed by atoms with E-state index in [1.165, 1.54) is 6.42 Å². The molecule has 92 valence electrons. The Hall–Kier alpha value is -0.120. The van der Waals surface area contributed by atoms with Crippen LogP contribution in [0.1, 0.15) is 40.5 Å². The van der Waals surface area contributed by atoms with Crippen molar-refractivity contribution in [1.82, 2.24) is 10.2 Å². The Morgan fingerprint density at radius 3 is 2.27 bits per heavy atom. The molecule has 15 heavy (non-hydrogen) atoms. The van der Waals surface area contributed by atoms with Crippen LogP contribution in [0.25, 0.3) is 0 Å². The van der Waals surface area contributed by atoms with E-state index in [0.717, 1.165) is 13.0 Å². The third-order valence-electron chi connectivity index (χ3n) is 2.96. The van der Waals surface area contributed by atoms with E-state index in [9.17, 15) is 5.11 Å². The Kier molecular flexibility index (Phi) is 8.02. The number of hydrogen-bond acceptors (Lipinski definition) is 3. The Bertz CT molecular complexity index is 151. The second-order valence-electron chi connectivity index (χ2n) is 4.73. The van der Waals surface area contributed by atoms with Gasteiger partial charge in [-0.3, -0.25) is 0 Å². The third-order valence-corrected chi connectivity index (χ3v) is 2.96. The minimum Gasteiger partial charge on any atom is -0.395 e. The topological polar surface area (TPSA) is 35.5 Å². The van der Waals surface area contributed by atoms with Gasteiger partial charge in [0.25, 0.3) is 0 Å². The van der Waals surface area contributed by atoms with Crippen LogP contribution in [0.2, 0.25) is 0 Å². The van der Waals surface area contributed by atoms with Crippen molar-refractivity contribution in [1.29, 1.82) is 0 Å². The van der Waals surface area contributed by atoms with Gasteiger partial charge in [0.15, 0.2) is 0 Å². The normalized spacial score (nSPS) is 16.0. The summed E-state index contributed by atoms with van der Waals surface area (Å²) in [6.07, 6.45) is 2.19. The fourth-order valence-corrected chi connectivity index (χ4v) is 1.59. The first-order valence-electron chi connectivity index (χ1n) is 6.08. The van der Waals surface area contributed by atoms with Gasteiger partial charge in [0.05, 0.1) is 6.61 Å². The molecule has 0 aliphatic carbocycles. The molecule has 0 aromatic heterocycles. The molecule has 0 aliphatic heterocycles. The van der Waals surface area contributed by atoms with Gasteiger partial charge in [0, 0.05) is 18.1 Å². The second-order valence-corrected chi connectivity index (χ2v) is 4.73. The number of aliphatic hydroxyl groups excluding tert-OH is 1. The minimum absolute atomic E-state index is 0.229. The number of rotatable bonds is 8. The second kappa shape index (κ2) is 8.08. The molecule has 0 amide bonds. The monoisotopic (exact) mass is 216 g/mol. The predicted molar refractivity (Wildman–Crippen MR) is 66.1 cm³/mol. The zero-order chi connectivity index (χ0) is 11.8. The first-order chi connectivity index (χ1) is 7.01. The third kappa shape index (κ3) is 6.88. The SMILES string of the molecule is CCC(C)N(C)CCC(CO)NC(C)C. The van der Waals surface area contributed by atoms with Crippen molar-refractivity contribution in [2.45, 2.75) is 58.7 Å². The van der Waals surface area contributed by atoms with E-state index < -0.39 is 0 Å². The van der Waals surface area contributed by atoms with Crippen LogP contribution < -0.4 is 5.32 Å². The van der Waals surface area contributed by atoms with Gasteiger partial charge in [0.1, 0.15) is 0 Å². The van der Waals surface area contributed by atoms with Crippen LogP contribution >= 0.6 is 0 Å². The minimum atomic E-state index is 0.229. The highest BCUT2D eigenvalue weighted by molar-refractivity contribution is 4.71. The van der Waals surface area contributed by atoms with Crippen molar-refractivity contribution in [3.8, 4) is 0 Å².